The minimum absolute atomic E-state index is 0.0330. The molecular weight excluding hydrogens is 279 g/mol. The summed E-state index contributed by atoms with van der Waals surface area (Å²) in [6.45, 7) is 0.886. The van der Waals surface area contributed by atoms with Crippen LogP contribution < -0.4 is 5.32 Å². The molecule has 4 nitrogen and oxygen atoms in total. The van der Waals surface area contributed by atoms with Crippen LogP contribution in [0.15, 0.2) is 23.1 Å². The van der Waals surface area contributed by atoms with Crippen molar-refractivity contribution in [2.75, 3.05) is 20.1 Å². The van der Waals surface area contributed by atoms with Crippen LogP contribution in [-0.2, 0) is 10.0 Å². The van der Waals surface area contributed by atoms with Gasteiger partial charge in [0.2, 0.25) is 10.0 Å². The van der Waals surface area contributed by atoms with Gasteiger partial charge in [0.25, 0.3) is 0 Å². The summed E-state index contributed by atoms with van der Waals surface area (Å²) in [6, 6.07) is 3.62. The summed E-state index contributed by atoms with van der Waals surface area (Å²) in [5.41, 5.74) is 0. The Balaban J connectivity index is 2.28. The molecule has 1 saturated heterocycles. The van der Waals surface area contributed by atoms with E-state index in [1.807, 2.05) is 0 Å². The Morgan fingerprint density at radius 2 is 2.22 bits per heavy atom. The fraction of sp³-hybridized carbons (Fsp3) is 0.455. The standard InChI is InChI=1S/C11H14ClFN2O2S/c1-14-8-4-5-15(7-8)18(16,17)9-2-3-11(13)10(12)6-9/h2-3,6,8,14H,4-5,7H2,1H3. The molecule has 1 fully saturated rings. The summed E-state index contributed by atoms with van der Waals surface area (Å²) in [5, 5.41) is 2.87. The Morgan fingerprint density at radius 3 is 2.78 bits per heavy atom. The molecular formula is C11H14ClFN2O2S. The molecule has 0 spiro atoms. The lowest BCUT2D eigenvalue weighted by molar-refractivity contribution is 0.464. The van der Waals surface area contributed by atoms with Gasteiger partial charge in [-0.15, -0.1) is 0 Å². The Morgan fingerprint density at radius 1 is 1.50 bits per heavy atom. The molecule has 1 unspecified atom stereocenters. The second-order valence-corrected chi connectivity index (χ2v) is 6.56. The maximum atomic E-state index is 13.0. The molecule has 1 aromatic carbocycles. The van der Waals surface area contributed by atoms with Crippen molar-refractivity contribution < 1.29 is 12.8 Å². The predicted octanol–water partition coefficient (Wildman–Crippen LogP) is 1.46. The number of sulfonamides is 1. The molecule has 0 amide bonds. The van der Waals surface area contributed by atoms with Crippen molar-refractivity contribution in [3.05, 3.63) is 29.0 Å². The zero-order valence-electron chi connectivity index (χ0n) is 9.86. The van der Waals surface area contributed by atoms with Gasteiger partial charge in [0.15, 0.2) is 0 Å². The first-order valence-corrected chi connectivity index (χ1v) is 7.39. The summed E-state index contributed by atoms with van der Waals surface area (Å²) in [4.78, 5) is 0.0330. The van der Waals surface area contributed by atoms with Gasteiger partial charge in [-0.3, -0.25) is 0 Å². The van der Waals surface area contributed by atoms with Gasteiger partial charge < -0.3 is 5.32 Å². The number of halogens is 2. The monoisotopic (exact) mass is 292 g/mol. The quantitative estimate of drug-likeness (QED) is 0.918. The van der Waals surface area contributed by atoms with E-state index in [-0.39, 0.29) is 16.0 Å². The van der Waals surface area contributed by atoms with Crippen LogP contribution in [0.2, 0.25) is 5.02 Å². The highest BCUT2D eigenvalue weighted by Gasteiger charge is 2.32. The van der Waals surface area contributed by atoms with Crippen LogP contribution in [0.3, 0.4) is 0 Å². The molecule has 100 valence electrons. The fourth-order valence-corrected chi connectivity index (χ4v) is 3.74. The van der Waals surface area contributed by atoms with Crippen molar-refractivity contribution in [2.24, 2.45) is 0 Å². The first-order chi connectivity index (χ1) is 8.45. The van der Waals surface area contributed by atoms with Crippen molar-refractivity contribution >= 4 is 21.6 Å². The van der Waals surface area contributed by atoms with Crippen LogP contribution in [0, 0.1) is 5.82 Å². The average molecular weight is 293 g/mol. The van der Waals surface area contributed by atoms with Crippen LogP contribution in [0.25, 0.3) is 0 Å². The summed E-state index contributed by atoms with van der Waals surface area (Å²) in [5.74, 6) is -0.620. The maximum Gasteiger partial charge on any atom is 0.243 e. The molecule has 1 heterocycles. The Labute approximate surface area is 111 Å². The smallest absolute Gasteiger partial charge is 0.243 e. The number of hydrogen-bond donors (Lipinski definition) is 1. The molecule has 1 aliphatic rings. The average Bonchev–Trinajstić information content (AvgIpc) is 2.81. The second kappa shape index (κ2) is 5.13. The van der Waals surface area contributed by atoms with Crippen molar-refractivity contribution in [1.82, 2.24) is 9.62 Å². The van der Waals surface area contributed by atoms with Crippen molar-refractivity contribution in [1.29, 1.82) is 0 Å². The molecule has 7 heteroatoms. The summed E-state index contributed by atoms with van der Waals surface area (Å²) in [6.07, 6.45) is 0.769. The number of hydrogen-bond acceptors (Lipinski definition) is 3. The molecule has 18 heavy (non-hydrogen) atoms. The molecule has 0 aromatic heterocycles. The van der Waals surface area contributed by atoms with Gasteiger partial charge in [-0.1, -0.05) is 11.6 Å². The van der Waals surface area contributed by atoms with Crippen molar-refractivity contribution in [3.8, 4) is 0 Å². The van der Waals surface area contributed by atoms with E-state index in [4.69, 9.17) is 11.6 Å². The first kappa shape index (κ1) is 13.7. The number of likely N-dealkylation sites (N-methyl/N-ethyl adjacent to an activating group) is 1. The van der Waals surface area contributed by atoms with Gasteiger partial charge in [0, 0.05) is 19.1 Å². The van der Waals surface area contributed by atoms with Gasteiger partial charge in [0.05, 0.1) is 9.92 Å². The highest BCUT2D eigenvalue weighted by atomic mass is 35.5. The maximum absolute atomic E-state index is 13.0. The lowest BCUT2D eigenvalue weighted by Gasteiger charge is -2.16. The first-order valence-electron chi connectivity index (χ1n) is 5.57. The molecule has 0 radical (unpaired) electrons. The lowest BCUT2D eigenvalue weighted by atomic mass is 10.3. The molecule has 0 aliphatic carbocycles. The number of nitrogens with zero attached hydrogens (tertiary/aromatic N) is 1. The van der Waals surface area contributed by atoms with E-state index >= 15 is 0 Å². The minimum Gasteiger partial charge on any atom is -0.316 e. The molecule has 0 bridgehead atoms. The Bertz CT molecular complexity index is 550. The van der Waals surface area contributed by atoms with Crippen molar-refractivity contribution in [3.63, 3.8) is 0 Å². The van der Waals surface area contributed by atoms with Crippen LogP contribution in [0.4, 0.5) is 4.39 Å². The second-order valence-electron chi connectivity index (χ2n) is 4.21. The lowest BCUT2D eigenvalue weighted by Crippen LogP contribution is -2.33. The van der Waals surface area contributed by atoms with Gasteiger partial charge in [0.1, 0.15) is 5.82 Å². The largest absolute Gasteiger partial charge is 0.316 e. The zero-order chi connectivity index (χ0) is 13.3. The number of nitrogens with one attached hydrogen (secondary N) is 1. The molecule has 1 aliphatic heterocycles. The van der Waals surface area contributed by atoms with Gasteiger partial charge in [-0.25, -0.2) is 12.8 Å². The third kappa shape index (κ3) is 2.51. The van der Waals surface area contributed by atoms with Crippen molar-refractivity contribution in [2.45, 2.75) is 17.4 Å². The van der Waals surface area contributed by atoms with Gasteiger partial charge in [-0.2, -0.15) is 4.31 Å². The molecule has 2 rings (SSSR count). The van der Waals surface area contributed by atoms with E-state index in [1.165, 1.54) is 10.4 Å². The molecule has 1 aromatic rings. The van der Waals surface area contributed by atoms with Crippen LogP contribution in [-0.4, -0.2) is 38.9 Å². The highest BCUT2D eigenvalue weighted by Crippen LogP contribution is 2.24. The molecule has 1 atom stereocenters. The summed E-state index contributed by atoms with van der Waals surface area (Å²) in [7, 11) is -1.78. The fourth-order valence-electron chi connectivity index (χ4n) is 1.97. The summed E-state index contributed by atoms with van der Waals surface area (Å²) < 4.78 is 39.0. The van der Waals surface area contributed by atoms with Crippen LogP contribution in [0.1, 0.15) is 6.42 Å². The highest BCUT2D eigenvalue weighted by molar-refractivity contribution is 7.89. The van der Waals surface area contributed by atoms with Crippen LogP contribution in [0.5, 0.6) is 0 Å². The summed E-state index contributed by atoms with van der Waals surface area (Å²) >= 11 is 5.61. The van der Waals surface area contributed by atoms with E-state index < -0.39 is 15.8 Å². The molecule has 1 N–H and O–H groups in total. The Hall–Kier alpha value is -0.690. The van der Waals surface area contributed by atoms with E-state index in [2.05, 4.69) is 5.32 Å². The normalized spacial score (nSPS) is 21.4. The van der Waals surface area contributed by atoms with E-state index in [0.29, 0.717) is 13.1 Å². The SMILES string of the molecule is CNC1CCN(S(=O)(=O)c2ccc(F)c(Cl)c2)C1. The van der Waals surface area contributed by atoms with E-state index in [1.54, 1.807) is 7.05 Å². The Kier molecular flexibility index (Phi) is 3.91. The minimum atomic E-state index is -3.58. The zero-order valence-corrected chi connectivity index (χ0v) is 11.4. The molecule has 0 saturated carbocycles. The third-order valence-corrected chi connectivity index (χ3v) is 5.24. The number of benzene rings is 1. The van der Waals surface area contributed by atoms with E-state index in [9.17, 15) is 12.8 Å². The number of rotatable bonds is 3. The van der Waals surface area contributed by atoms with Gasteiger partial charge in [-0.05, 0) is 31.7 Å². The topological polar surface area (TPSA) is 49.4 Å². The third-order valence-electron chi connectivity index (χ3n) is 3.09. The predicted molar refractivity (Wildman–Crippen MR) is 67.6 cm³/mol. The van der Waals surface area contributed by atoms with Gasteiger partial charge >= 0.3 is 0 Å². The van der Waals surface area contributed by atoms with Crippen LogP contribution >= 0.6 is 11.6 Å². The van der Waals surface area contributed by atoms with E-state index in [0.717, 1.165) is 18.6 Å².